The summed E-state index contributed by atoms with van der Waals surface area (Å²) in [6.07, 6.45) is 3.42. The second kappa shape index (κ2) is 8.24. The third kappa shape index (κ3) is 4.11. The number of aryl methyl sites for hydroxylation is 1. The van der Waals surface area contributed by atoms with E-state index < -0.39 is 21.5 Å². The van der Waals surface area contributed by atoms with Gasteiger partial charge in [-0.15, -0.1) is 0 Å². The van der Waals surface area contributed by atoms with Crippen LogP contribution in [0.5, 0.6) is 0 Å². The standard InChI is InChI=1S/C24H30N4O3S/c1-17-10-11-20(25-16-17)27-14-12-19(13-15-27)26-21-22(18-8-6-5-7-9-18)32(30,31)28(23(21)29)24(2,3)4/h5-11,16,19,26H,12-15H2,1-4H3. The topological polar surface area (TPSA) is 82.6 Å². The number of hydrogen-bond acceptors (Lipinski definition) is 6. The molecule has 1 fully saturated rings. The van der Waals surface area contributed by atoms with E-state index in [0.717, 1.165) is 41.6 Å². The van der Waals surface area contributed by atoms with E-state index >= 15 is 0 Å². The lowest BCUT2D eigenvalue weighted by molar-refractivity contribution is -0.125. The van der Waals surface area contributed by atoms with Gasteiger partial charge < -0.3 is 10.2 Å². The molecular weight excluding hydrogens is 424 g/mol. The van der Waals surface area contributed by atoms with Crippen molar-refractivity contribution in [2.45, 2.75) is 52.1 Å². The number of anilines is 1. The summed E-state index contributed by atoms with van der Waals surface area (Å²) < 4.78 is 27.9. The molecule has 1 aromatic carbocycles. The Morgan fingerprint density at radius 2 is 1.69 bits per heavy atom. The highest BCUT2D eigenvalue weighted by atomic mass is 32.2. The van der Waals surface area contributed by atoms with Crippen molar-refractivity contribution in [2.24, 2.45) is 0 Å². The van der Waals surface area contributed by atoms with Crippen molar-refractivity contribution in [3.63, 3.8) is 0 Å². The molecule has 0 radical (unpaired) electrons. The second-order valence-electron chi connectivity index (χ2n) is 9.41. The first kappa shape index (κ1) is 22.3. The minimum atomic E-state index is -3.97. The number of nitrogens with one attached hydrogen (secondary N) is 1. The van der Waals surface area contributed by atoms with Gasteiger partial charge in [-0.3, -0.25) is 4.79 Å². The van der Waals surface area contributed by atoms with Gasteiger partial charge in [0.1, 0.15) is 16.4 Å². The molecule has 8 heteroatoms. The Morgan fingerprint density at radius 1 is 1.03 bits per heavy atom. The summed E-state index contributed by atoms with van der Waals surface area (Å²) in [6.45, 7) is 8.79. The van der Waals surface area contributed by atoms with E-state index in [1.807, 2.05) is 31.3 Å². The number of pyridine rings is 1. The lowest BCUT2D eigenvalue weighted by Crippen LogP contribution is -2.48. The minimum absolute atomic E-state index is 0.00415. The molecule has 0 atom stereocenters. The number of nitrogens with zero attached hydrogens (tertiary/aromatic N) is 3. The van der Waals surface area contributed by atoms with E-state index in [0.29, 0.717) is 5.56 Å². The maximum Gasteiger partial charge on any atom is 0.285 e. The molecule has 2 aliphatic rings. The average Bonchev–Trinajstić information content (AvgIpc) is 2.94. The van der Waals surface area contributed by atoms with Crippen molar-refractivity contribution in [1.29, 1.82) is 0 Å². The molecule has 7 nitrogen and oxygen atoms in total. The predicted molar refractivity (Wildman–Crippen MR) is 126 cm³/mol. The lowest BCUT2D eigenvalue weighted by atomic mass is 10.0. The van der Waals surface area contributed by atoms with Crippen LogP contribution in [0.2, 0.25) is 0 Å². The number of rotatable bonds is 4. The highest BCUT2D eigenvalue weighted by Gasteiger charge is 2.49. The van der Waals surface area contributed by atoms with Gasteiger partial charge >= 0.3 is 0 Å². The van der Waals surface area contributed by atoms with E-state index in [1.165, 1.54) is 0 Å². The molecule has 0 spiro atoms. The third-order valence-corrected chi connectivity index (χ3v) is 7.98. The molecule has 1 amide bonds. The number of aromatic nitrogens is 1. The maximum atomic E-state index is 13.5. The summed E-state index contributed by atoms with van der Waals surface area (Å²) in [7, 11) is -3.97. The number of amides is 1. The van der Waals surface area contributed by atoms with Crippen LogP contribution in [0, 0.1) is 6.92 Å². The van der Waals surface area contributed by atoms with Crippen molar-refractivity contribution >= 4 is 26.7 Å². The number of hydrogen-bond donors (Lipinski definition) is 1. The molecule has 0 aliphatic carbocycles. The summed E-state index contributed by atoms with van der Waals surface area (Å²) in [4.78, 5) is 20.1. The molecule has 2 aromatic rings. The zero-order chi connectivity index (χ0) is 23.1. The molecule has 1 aromatic heterocycles. The molecule has 32 heavy (non-hydrogen) atoms. The molecule has 2 aliphatic heterocycles. The van der Waals surface area contributed by atoms with Gasteiger partial charge in [0.05, 0.1) is 5.54 Å². The summed E-state index contributed by atoms with van der Waals surface area (Å²) in [6, 6.07) is 12.9. The Balaban J connectivity index is 1.60. The number of sulfonamides is 1. The molecule has 0 bridgehead atoms. The van der Waals surface area contributed by atoms with E-state index in [9.17, 15) is 13.2 Å². The van der Waals surface area contributed by atoms with Crippen LogP contribution in [0.15, 0.2) is 54.4 Å². The average molecular weight is 455 g/mol. The first-order chi connectivity index (χ1) is 15.1. The van der Waals surface area contributed by atoms with Gasteiger partial charge in [0.2, 0.25) is 0 Å². The molecule has 0 unspecified atom stereocenters. The molecule has 4 rings (SSSR count). The van der Waals surface area contributed by atoms with Crippen LogP contribution in [0.3, 0.4) is 0 Å². The fourth-order valence-electron chi connectivity index (χ4n) is 4.31. The van der Waals surface area contributed by atoms with Crippen LogP contribution >= 0.6 is 0 Å². The molecule has 1 N–H and O–H groups in total. The van der Waals surface area contributed by atoms with E-state index in [2.05, 4.69) is 15.2 Å². The highest BCUT2D eigenvalue weighted by molar-refractivity contribution is 7.99. The molecule has 170 valence electrons. The summed E-state index contributed by atoms with van der Waals surface area (Å²) in [5, 5.41) is 3.32. The van der Waals surface area contributed by atoms with Gasteiger partial charge in [-0.1, -0.05) is 36.4 Å². The Labute approximate surface area is 190 Å². The maximum absolute atomic E-state index is 13.5. The van der Waals surface area contributed by atoms with Crippen molar-refractivity contribution in [3.05, 3.63) is 65.5 Å². The number of carbonyl (C=O) groups is 1. The van der Waals surface area contributed by atoms with Crippen LogP contribution in [-0.2, 0) is 14.8 Å². The summed E-state index contributed by atoms with van der Waals surface area (Å²) >= 11 is 0. The van der Waals surface area contributed by atoms with Gasteiger partial charge in [-0.25, -0.2) is 17.7 Å². The number of carbonyl (C=O) groups excluding carboxylic acids is 1. The largest absolute Gasteiger partial charge is 0.377 e. The fraction of sp³-hybridized carbons (Fsp3) is 0.417. The van der Waals surface area contributed by atoms with Crippen LogP contribution in [0.25, 0.3) is 4.91 Å². The van der Waals surface area contributed by atoms with Crippen molar-refractivity contribution in [1.82, 2.24) is 14.6 Å². The van der Waals surface area contributed by atoms with E-state index in [4.69, 9.17) is 0 Å². The van der Waals surface area contributed by atoms with Crippen LogP contribution < -0.4 is 10.2 Å². The quantitative estimate of drug-likeness (QED) is 0.763. The lowest BCUT2D eigenvalue weighted by Gasteiger charge is -2.34. The summed E-state index contributed by atoms with van der Waals surface area (Å²) in [5.74, 6) is 0.454. The van der Waals surface area contributed by atoms with Gasteiger partial charge in [-0.05, 0) is 57.7 Å². The summed E-state index contributed by atoms with van der Waals surface area (Å²) in [5.41, 5.74) is 0.962. The van der Waals surface area contributed by atoms with Crippen molar-refractivity contribution < 1.29 is 13.2 Å². The predicted octanol–water partition coefficient (Wildman–Crippen LogP) is 3.29. The van der Waals surface area contributed by atoms with Crippen LogP contribution in [0.1, 0.15) is 44.7 Å². The Morgan fingerprint density at radius 3 is 2.25 bits per heavy atom. The number of piperidine rings is 1. The van der Waals surface area contributed by atoms with Gasteiger partial charge in [0.15, 0.2) is 0 Å². The Kier molecular flexibility index (Phi) is 5.75. The highest BCUT2D eigenvalue weighted by Crippen LogP contribution is 2.39. The SMILES string of the molecule is Cc1ccc(N2CCC(NC3=C(c4ccccc4)S(=O)(=O)N(C(C)(C)C)C3=O)CC2)nc1. The van der Waals surface area contributed by atoms with Gasteiger partial charge in [0, 0.05) is 25.3 Å². The van der Waals surface area contributed by atoms with Crippen LogP contribution in [-0.4, -0.2) is 48.3 Å². The fourth-order valence-corrected chi connectivity index (χ4v) is 6.36. The van der Waals surface area contributed by atoms with Crippen LogP contribution in [0.4, 0.5) is 5.82 Å². The zero-order valence-electron chi connectivity index (χ0n) is 19.0. The molecule has 0 saturated carbocycles. The first-order valence-electron chi connectivity index (χ1n) is 10.9. The van der Waals surface area contributed by atoms with Crippen molar-refractivity contribution in [2.75, 3.05) is 18.0 Å². The molecule has 1 saturated heterocycles. The Bertz CT molecular complexity index is 1130. The van der Waals surface area contributed by atoms with Gasteiger partial charge in [0.25, 0.3) is 15.9 Å². The van der Waals surface area contributed by atoms with E-state index in [1.54, 1.807) is 45.0 Å². The first-order valence-corrected chi connectivity index (χ1v) is 12.4. The normalized spacial score (nSPS) is 19.6. The van der Waals surface area contributed by atoms with Gasteiger partial charge in [-0.2, -0.15) is 0 Å². The third-order valence-electron chi connectivity index (χ3n) is 5.83. The molecule has 3 heterocycles. The van der Waals surface area contributed by atoms with Crippen molar-refractivity contribution in [3.8, 4) is 0 Å². The minimum Gasteiger partial charge on any atom is -0.377 e. The molecular formula is C24H30N4O3S. The number of benzene rings is 1. The monoisotopic (exact) mass is 454 g/mol. The smallest absolute Gasteiger partial charge is 0.285 e. The zero-order valence-corrected chi connectivity index (χ0v) is 19.8. The van der Waals surface area contributed by atoms with E-state index in [-0.39, 0.29) is 16.6 Å². The Hall–Kier alpha value is -2.87. The second-order valence-corrected chi connectivity index (χ2v) is 11.1.